The van der Waals surface area contributed by atoms with Crippen molar-refractivity contribution in [2.45, 2.75) is 26.5 Å². The van der Waals surface area contributed by atoms with E-state index in [4.69, 9.17) is 18.9 Å². The molecule has 2 aromatic rings. The molecule has 1 unspecified atom stereocenters. The molecule has 0 saturated carbocycles. The molecule has 164 valence electrons. The van der Waals surface area contributed by atoms with E-state index >= 15 is 0 Å². The molecule has 0 spiro atoms. The van der Waals surface area contributed by atoms with Crippen LogP contribution in [-0.2, 0) is 11.3 Å². The van der Waals surface area contributed by atoms with Crippen molar-refractivity contribution in [1.82, 2.24) is 10.6 Å². The average Bonchev–Trinajstić information content (AvgIpc) is 2.77. The van der Waals surface area contributed by atoms with Crippen LogP contribution in [0.5, 0.6) is 17.2 Å². The fourth-order valence-electron chi connectivity index (χ4n) is 2.66. The van der Waals surface area contributed by atoms with Crippen LogP contribution < -0.4 is 24.8 Å². The van der Waals surface area contributed by atoms with E-state index in [1.807, 2.05) is 62.4 Å². The molecule has 0 amide bonds. The van der Waals surface area contributed by atoms with Crippen LogP contribution in [0.3, 0.4) is 0 Å². The van der Waals surface area contributed by atoms with Crippen molar-refractivity contribution in [2.75, 3.05) is 40.5 Å². The third-order valence-corrected chi connectivity index (χ3v) is 4.20. The van der Waals surface area contributed by atoms with E-state index in [0.717, 1.165) is 35.3 Å². The van der Waals surface area contributed by atoms with Gasteiger partial charge in [-0.15, -0.1) is 0 Å². The van der Waals surface area contributed by atoms with E-state index in [1.54, 1.807) is 14.2 Å². The predicted octanol–water partition coefficient (Wildman–Crippen LogP) is 3.24. The molecule has 0 aliphatic rings. The second-order valence-electron chi connectivity index (χ2n) is 6.64. The first-order valence-electron chi connectivity index (χ1n) is 10.2. The van der Waals surface area contributed by atoms with Gasteiger partial charge in [-0.05, 0) is 43.7 Å². The lowest BCUT2D eigenvalue weighted by Gasteiger charge is -2.19. The fourth-order valence-corrected chi connectivity index (χ4v) is 2.66. The standard InChI is InChI=1S/C23H33N3O4/c1-5-24-23(25-16-18(2)30-22-9-7-6-8-21(22)28-4)26-17-19-10-12-20(13-11-19)29-15-14-27-3/h6-13,18H,5,14-17H2,1-4H3,(H2,24,25,26). The minimum Gasteiger partial charge on any atom is -0.493 e. The van der Waals surface area contributed by atoms with Gasteiger partial charge in [0.15, 0.2) is 17.5 Å². The van der Waals surface area contributed by atoms with Gasteiger partial charge >= 0.3 is 0 Å². The molecule has 7 nitrogen and oxygen atoms in total. The number of hydrogen-bond acceptors (Lipinski definition) is 5. The lowest BCUT2D eigenvalue weighted by atomic mass is 10.2. The van der Waals surface area contributed by atoms with Crippen LogP contribution >= 0.6 is 0 Å². The highest BCUT2D eigenvalue weighted by atomic mass is 16.5. The Labute approximate surface area is 179 Å². The number of guanidine groups is 1. The Morgan fingerprint density at radius 2 is 1.70 bits per heavy atom. The highest BCUT2D eigenvalue weighted by Gasteiger charge is 2.09. The van der Waals surface area contributed by atoms with Gasteiger partial charge in [0.05, 0.1) is 26.8 Å². The Morgan fingerprint density at radius 1 is 0.967 bits per heavy atom. The molecule has 0 radical (unpaired) electrons. The number of benzene rings is 2. The highest BCUT2D eigenvalue weighted by Crippen LogP contribution is 2.26. The summed E-state index contributed by atoms with van der Waals surface area (Å²) in [4.78, 5) is 4.65. The number of aliphatic imine (C=N–C) groups is 1. The molecule has 0 aliphatic heterocycles. The molecular formula is C23H33N3O4. The van der Waals surface area contributed by atoms with Gasteiger partial charge in [-0.1, -0.05) is 24.3 Å². The van der Waals surface area contributed by atoms with Crippen LogP contribution in [0, 0.1) is 0 Å². The molecule has 2 N–H and O–H groups in total. The topological polar surface area (TPSA) is 73.3 Å². The number of ether oxygens (including phenoxy) is 4. The molecule has 0 bridgehead atoms. The molecule has 0 fully saturated rings. The van der Waals surface area contributed by atoms with Crippen molar-refractivity contribution < 1.29 is 18.9 Å². The summed E-state index contributed by atoms with van der Waals surface area (Å²) in [6, 6.07) is 15.6. The van der Waals surface area contributed by atoms with E-state index in [0.29, 0.717) is 26.3 Å². The van der Waals surface area contributed by atoms with Gasteiger partial charge in [-0.3, -0.25) is 0 Å². The van der Waals surface area contributed by atoms with Gasteiger partial charge in [0.25, 0.3) is 0 Å². The zero-order valence-electron chi connectivity index (χ0n) is 18.3. The van der Waals surface area contributed by atoms with Crippen LogP contribution in [0.4, 0.5) is 0 Å². The minimum atomic E-state index is -0.0614. The van der Waals surface area contributed by atoms with Crippen LogP contribution in [0.25, 0.3) is 0 Å². The van der Waals surface area contributed by atoms with Gasteiger partial charge in [0, 0.05) is 13.7 Å². The molecule has 2 rings (SSSR count). The largest absolute Gasteiger partial charge is 0.493 e. The monoisotopic (exact) mass is 415 g/mol. The first-order valence-corrected chi connectivity index (χ1v) is 10.2. The van der Waals surface area contributed by atoms with Crippen molar-refractivity contribution in [3.63, 3.8) is 0 Å². The van der Waals surface area contributed by atoms with E-state index in [2.05, 4.69) is 15.6 Å². The van der Waals surface area contributed by atoms with Crippen molar-refractivity contribution >= 4 is 5.96 Å². The van der Waals surface area contributed by atoms with Crippen molar-refractivity contribution in [2.24, 2.45) is 4.99 Å². The Hall–Kier alpha value is -2.93. The molecule has 1 atom stereocenters. The lowest BCUT2D eigenvalue weighted by Crippen LogP contribution is -2.41. The van der Waals surface area contributed by atoms with E-state index in [9.17, 15) is 0 Å². The molecule has 0 saturated heterocycles. The summed E-state index contributed by atoms with van der Waals surface area (Å²) in [5, 5.41) is 6.59. The summed E-state index contributed by atoms with van der Waals surface area (Å²) in [7, 11) is 3.30. The normalized spacial score (nSPS) is 12.2. The van der Waals surface area contributed by atoms with Crippen molar-refractivity contribution in [3.8, 4) is 17.2 Å². The quantitative estimate of drug-likeness (QED) is 0.315. The van der Waals surface area contributed by atoms with E-state index in [1.165, 1.54) is 0 Å². The Bertz CT molecular complexity index is 765. The minimum absolute atomic E-state index is 0.0614. The van der Waals surface area contributed by atoms with E-state index < -0.39 is 0 Å². The maximum absolute atomic E-state index is 5.99. The SMILES string of the molecule is CCNC(=NCc1ccc(OCCOC)cc1)NCC(C)Oc1ccccc1OC. The number of hydrogen-bond donors (Lipinski definition) is 2. The summed E-state index contributed by atoms with van der Waals surface area (Å²) in [6.07, 6.45) is -0.0614. The summed E-state index contributed by atoms with van der Waals surface area (Å²) >= 11 is 0. The summed E-state index contributed by atoms with van der Waals surface area (Å²) in [5.41, 5.74) is 1.10. The van der Waals surface area contributed by atoms with Gasteiger partial charge in [-0.25, -0.2) is 4.99 Å². The van der Waals surface area contributed by atoms with Crippen molar-refractivity contribution in [3.05, 3.63) is 54.1 Å². The maximum atomic E-state index is 5.99. The molecule has 7 heteroatoms. The lowest BCUT2D eigenvalue weighted by molar-refractivity contribution is 0.146. The summed E-state index contributed by atoms with van der Waals surface area (Å²) < 4.78 is 21.9. The van der Waals surface area contributed by atoms with Gasteiger partial charge in [-0.2, -0.15) is 0 Å². The van der Waals surface area contributed by atoms with Gasteiger partial charge < -0.3 is 29.6 Å². The van der Waals surface area contributed by atoms with Gasteiger partial charge in [0.1, 0.15) is 18.5 Å². The Balaban J connectivity index is 1.86. The average molecular weight is 416 g/mol. The zero-order valence-corrected chi connectivity index (χ0v) is 18.3. The molecule has 2 aromatic carbocycles. The highest BCUT2D eigenvalue weighted by molar-refractivity contribution is 5.79. The third kappa shape index (κ3) is 8.21. The maximum Gasteiger partial charge on any atom is 0.191 e. The smallest absolute Gasteiger partial charge is 0.191 e. The predicted molar refractivity (Wildman–Crippen MR) is 120 cm³/mol. The zero-order chi connectivity index (χ0) is 21.6. The summed E-state index contributed by atoms with van der Waals surface area (Å²) in [5.74, 6) is 3.02. The van der Waals surface area contributed by atoms with Crippen LogP contribution in [-0.4, -0.2) is 52.6 Å². The molecule has 0 aliphatic carbocycles. The number of para-hydroxylation sites is 2. The summed E-state index contributed by atoms with van der Waals surface area (Å²) in [6.45, 7) is 7.11. The van der Waals surface area contributed by atoms with Gasteiger partial charge in [0.2, 0.25) is 0 Å². The second kappa shape index (κ2) is 13.3. The molecule has 0 heterocycles. The van der Waals surface area contributed by atoms with Crippen LogP contribution in [0.2, 0.25) is 0 Å². The first kappa shape index (κ1) is 23.3. The molecule has 0 aromatic heterocycles. The van der Waals surface area contributed by atoms with Crippen LogP contribution in [0.1, 0.15) is 19.4 Å². The number of nitrogens with zero attached hydrogens (tertiary/aromatic N) is 1. The van der Waals surface area contributed by atoms with E-state index in [-0.39, 0.29) is 6.10 Å². The Kier molecular flexibility index (Phi) is 10.4. The Morgan fingerprint density at radius 3 is 2.37 bits per heavy atom. The molecule has 30 heavy (non-hydrogen) atoms. The second-order valence-corrected chi connectivity index (χ2v) is 6.64. The number of methoxy groups -OCH3 is 2. The first-order chi connectivity index (χ1) is 14.7. The number of nitrogens with one attached hydrogen (secondary N) is 2. The van der Waals surface area contributed by atoms with Crippen LogP contribution in [0.15, 0.2) is 53.5 Å². The number of rotatable bonds is 12. The third-order valence-electron chi connectivity index (χ3n) is 4.20. The molecular weight excluding hydrogens is 382 g/mol. The fraction of sp³-hybridized carbons (Fsp3) is 0.435. The van der Waals surface area contributed by atoms with Crippen molar-refractivity contribution in [1.29, 1.82) is 0 Å².